The highest BCUT2D eigenvalue weighted by atomic mass is 16.5. The molecular weight excluding hydrogens is 264 g/mol. The highest BCUT2D eigenvalue weighted by Crippen LogP contribution is 2.18. The van der Waals surface area contributed by atoms with Crippen molar-refractivity contribution >= 4 is 0 Å². The number of rotatable bonds is 5. The van der Waals surface area contributed by atoms with Crippen LogP contribution in [0.1, 0.15) is 17.0 Å². The van der Waals surface area contributed by atoms with Crippen molar-refractivity contribution in [1.29, 1.82) is 0 Å². The van der Waals surface area contributed by atoms with Gasteiger partial charge in [0.15, 0.2) is 5.82 Å². The maximum Gasteiger partial charge on any atom is 0.257 e. The number of hydrogen-bond acceptors (Lipinski definition) is 5. The summed E-state index contributed by atoms with van der Waals surface area (Å²) in [6.45, 7) is 3.32. The molecule has 0 atom stereocenters. The van der Waals surface area contributed by atoms with Gasteiger partial charge in [-0.3, -0.25) is 4.98 Å². The molecule has 0 unspecified atom stereocenters. The number of benzene rings is 1. The molecule has 0 aliphatic rings. The number of aromatic nitrogens is 3. The Morgan fingerprint density at radius 1 is 1.14 bits per heavy atom. The predicted octanol–water partition coefficient (Wildman–Crippen LogP) is 2.73. The molecule has 0 saturated carbocycles. The lowest BCUT2D eigenvalue weighted by molar-refractivity contribution is 0.419. The summed E-state index contributed by atoms with van der Waals surface area (Å²) in [5.74, 6) is 1.20. The number of aryl methyl sites for hydroxylation is 1. The van der Waals surface area contributed by atoms with E-state index in [2.05, 4.69) is 20.4 Å². The van der Waals surface area contributed by atoms with Crippen molar-refractivity contribution in [1.82, 2.24) is 20.4 Å². The standard InChI is InChI=1S/C16H16N4O/c1-12-4-2-6-14(8-12)16-19-15(20-21-16)11-18-10-13-5-3-7-17-9-13/h2-9,18H,10-11H2,1H3. The van der Waals surface area contributed by atoms with Crippen molar-refractivity contribution < 1.29 is 4.52 Å². The van der Waals surface area contributed by atoms with Gasteiger partial charge >= 0.3 is 0 Å². The van der Waals surface area contributed by atoms with Crippen LogP contribution in [0.5, 0.6) is 0 Å². The van der Waals surface area contributed by atoms with E-state index < -0.39 is 0 Å². The third-order valence-corrected chi connectivity index (χ3v) is 3.07. The Morgan fingerprint density at radius 2 is 2.10 bits per heavy atom. The van der Waals surface area contributed by atoms with E-state index in [-0.39, 0.29) is 0 Å². The van der Waals surface area contributed by atoms with Crippen LogP contribution in [-0.4, -0.2) is 15.1 Å². The van der Waals surface area contributed by atoms with E-state index in [9.17, 15) is 0 Å². The zero-order valence-electron chi connectivity index (χ0n) is 11.8. The average molecular weight is 280 g/mol. The molecule has 0 amide bonds. The SMILES string of the molecule is Cc1cccc(-c2nc(CNCc3cccnc3)no2)c1. The smallest absolute Gasteiger partial charge is 0.257 e. The Hall–Kier alpha value is -2.53. The number of nitrogens with one attached hydrogen (secondary N) is 1. The van der Waals surface area contributed by atoms with E-state index in [0.29, 0.717) is 18.3 Å². The summed E-state index contributed by atoms with van der Waals surface area (Å²) in [6, 6.07) is 12.0. The average Bonchev–Trinajstić information content (AvgIpc) is 2.97. The molecule has 0 radical (unpaired) electrons. The minimum atomic E-state index is 0.553. The van der Waals surface area contributed by atoms with Crippen LogP contribution in [0.25, 0.3) is 11.5 Å². The quantitative estimate of drug-likeness (QED) is 0.778. The molecule has 0 aliphatic heterocycles. The minimum Gasteiger partial charge on any atom is -0.334 e. The molecule has 0 saturated heterocycles. The van der Waals surface area contributed by atoms with Crippen molar-refractivity contribution in [3.63, 3.8) is 0 Å². The maximum atomic E-state index is 5.29. The zero-order chi connectivity index (χ0) is 14.5. The first-order valence-electron chi connectivity index (χ1n) is 6.80. The van der Waals surface area contributed by atoms with Gasteiger partial charge in [0.1, 0.15) is 0 Å². The molecule has 0 aliphatic carbocycles. The highest BCUT2D eigenvalue weighted by Gasteiger charge is 2.08. The first-order chi connectivity index (χ1) is 10.3. The Labute approximate surface area is 123 Å². The summed E-state index contributed by atoms with van der Waals surface area (Å²) in [5, 5.41) is 7.26. The number of nitrogens with zero attached hydrogens (tertiary/aromatic N) is 3. The molecule has 0 spiro atoms. The van der Waals surface area contributed by atoms with Crippen molar-refractivity contribution in [3.05, 3.63) is 65.7 Å². The molecule has 5 nitrogen and oxygen atoms in total. The third kappa shape index (κ3) is 3.52. The van der Waals surface area contributed by atoms with Gasteiger partial charge < -0.3 is 9.84 Å². The molecule has 1 aromatic carbocycles. The summed E-state index contributed by atoms with van der Waals surface area (Å²) in [6.07, 6.45) is 3.60. The first-order valence-corrected chi connectivity index (χ1v) is 6.80. The van der Waals surface area contributed by atoms with E-state index in [1.165, 1.54) is 5.56 Å². The van der Waals surface area contributed by atoms with Gasteiger partial charge in [-0.05, 0) is 30.7 Å². The van der Waals surface area contributed by atoms with Crippen molar-refractivity contribution in [3.8, 4) is 11.5 Å². The molecule has 2 aromatic heterocycles. The summed E-state index contributed by atoms with van der Waals surface area (Å²) < 4.78 is 5.29. The lowest BCUT2D eigenvalue weighted by Crippen LogP contribution is -2.13. The lowest BCUT2D eigenvalue weighted by atomic mass is 10.1. The summed E-state index contributed by atoms with van der Waals surface area (Å²) in [7, 11) is 0. The summed E-state index contributed by atoms with van der Waals surface area (Å²) in [4.78, 5) is 8.47. The second-order valence-corrected chi connectivity index (χ2v) is 4.85. The van der Waals surface area contributed by atoms with Crippen molar-refractivity contribution in [2.75, 3.05) is 0 Å². The fourth-order valence-electron chi connectivity index (χ4n) is 2.04. The van der Waals surface area contributed by atoms with Crippen LogP contribution in [-0.2, 0) is 13.1 Å². The molecule has 3 rings (SSSR count). The number of hydrogen-bond donors (Lipinski definition) is 1. The predicted molar refractivity (Wildman–Crippen MR) is 79.3 cm³/mol. The zero-order valence-corrected chi connectivity index (χ0v) is 11.8. The topological polar surface area (TPSA) is 63.8 Å². The van der Waals surface area contributed by atoms with Crippen LogP contribution in [0.15, 0.2) is 53.3 Å². The largest absolute Gasteiger partial charge is 0.334 e. The van der Waals surface area contributed by atoms with Crippen LogP contribution in [0, 0.1) is 6.92 Å². The molecule has 21 heavy (non-hydrogen) atoms. The maximum absolute atomic E-state index is 5.29. The molecule has 106 valence electrons. The first kappa shape index (κ1) is 13.5. The van der Waals surface area contributed by atoms with E-state index in [1.54, 1.807) is 6.20 Å². The van der Waals surface area contributed by atoms with Gasteiger partial charge in [-0.15, -0.1) is 0 Å². The van der Waals surface area contributed by atoms with Crippen molar-refractivity contribution in [2.24, 2.45) is 0 Å². The molecule has 0 bridgehead atoms. The minimum absolute atomic E-state index is 0.553. The molecular formula is C16H16N4O. The normalized spacial score (nSPS) is 10.7. The van der Waals surface area contributed by atoms with Crippen LogP contribution in [0.4, 0.5) is 0 Å². The Bertz CT molecular complexity index is 709. The molecule has 1 N–H and O–H groups in total. The second-order valence-electron chi connectivity index (χ2n) is 4.85. The van der Waals surface area contributed by atoms with E-state index in [1.807, 2.05) is 49.5 Å². The Morgan fingerprint density at radius 3 is 2.90 bits per heavy atom. The van der Waals surface area contributed by atoms with Gasteiger partial charge in [0, 0.05) is 24.5 Å². The fraction of sp³-hybridized carbons (Fsp3) is 0.188. The van der Waals surface area contributed by atoms with E-state index in [4.69, 9.17) is 4.52 Å². The van der Waals surface area contributed by atoms with Gasteiger partial charge in [0.25, 0.3) is 5.89 Å². The van der Waals surface area contributed by atoms with Crippen LogP contribution >= 0.6 is 0 Å². The van der Waals surface area contributed by atoms with Crippen LogP contribution in [0.2, 0.25) is 0 Å². The van der Waals surface area contributed by atoms with Gasteiger partial charge in [-0.2, -0.15) is 4.98 Å². The molecule has 2 heterocycles. The van der Waals surface area contributed by atoms with E-state index >= 15 is 0 Å². The second kappa shape index (κ2) is 6.28. The van der Waals surface area contributed by atoms with Gasteiger partial charge in [0.2, 0.25) is 0 Å². The molecule has 3 aromatic rings. The van der Waals surface area contributed by atoms with Crippen LogP contribution in [0.3, 0.4) is 0 Å². The van der Waals surface area contributed by atoms with E-state index in [0.717, 1.165) is 17.7 Å². The van der Waals surface area contributed by atoms with Crippen molar-refractivity contribution in [2.45, 2.75) is 20.0 Å². The van der Waals surface area contributed by atoms with Gasteiger partial charge in [0.05, 0.1) is 6.54 Å². The van der Waals surface area contributed by atoms with Gasteiger partial charge in [-0.25, -0.2) is 0 Å². The highest BCUT2D eigenvalue weighted by molar-refractivity contribution is 5.53. The monoisotopic (exact) mass is 280 g/mol. The molecule has 0 fully saturated rings. The number of pyridine rings is 1. The van der Waals surface area contributed by atoms with Gasteiger partial charge in [-0.1, -0.05) is 28.9 Å². The Balaban J connectivity index is 1.60. The summed E-state index contributed by atoms with van der Waals surface area (Å²) >= 11 is 0. The fourth-order valence-corrected chi connectivity index (χ4v) is 2.04. The third-order valence-electron chi connectivity index (χ3n) is 3.07. The Kier molecular flexibility index (Phi) is 4.02. The van der Waals surface area contributed by atoms with Crippen LogP contribution < -0.4 is 5.32 Å². The lowest BCUT2D eigenvalue weighted by Gasteiger charge is -2.00. The summed E-state index contributed by atoms with van der Waals surface area (Å²) in [5.41, 5.74) is 3.24. The molecule has 5 heteroatoms.